The maximum Gasteiger partial charge on any atom is 0.347 e. The van der Waals surface area contributed by atoms with Gasteiger partial charge in [0.2, 0.25) is 0 Å². The first-order valence-corrected chi connectivity index (χ1v) is 6.52. The number of carboxylic acids is 1. The summed E-state index contributed by atoms with van der Waals surface area (Å²) in [6.45, 7) is 1.52. The van der Waals surface area contributed by atoms with Gasteiger partial charge in [-0.2, -0.15) is 0 Å². The Morgan fingerprint density at radius 1 is 1.64 bits per heavy atom. The molecule has 14 heavy (non-hydrogen) atoms. The molecule has 1 heterocycles. The van der Waals surface area contributed by atoms with Crippen LogP contribution in [0, 0.1) is 0 Å². The minimum atomic E-state index is -3.22. The number of aromatic nitrogens is 1. The number of hydrogen-bond acceptors (Lipinski definition) is 5. The number of hydrogen-bond donors (Lipinski definition) is 1. The fourth-order valence-corrected chi connectivity index (χ4v) is 2.43. The van der Waals surface area contributed by atoms with Crippen LogP contribution in [-0.4, -0.2) is 30.2 Å². The highest BCUT2D eigenvalue weighted by molar-refractivity contribution is 7.90. The van der Waals surface area contributed by atoms with E-state index in [1.54, 1.807) is 0 Å². The molecular formula is C7H9NO4S2. The highest BCUT2D eigenvalue weighted by Crippen LogP contribution is 2.16. The second kappa shape index (κ2) is 4.05. The molecule has 78 valence electrons. The van der Waals surface area contributed by atoms with Gasteiger partial charge in [0, 0.05) is 5.75 Å². The van der Waals surface area contributed by atoms with Crippen molar-refractivity contribution in [1.29, 1.82) is 0 Å². The monoisotopic (exact) mass is 235 g/mol. The van der Waals surface area contributed by atoms with E-state index >= 15 is 0 Å². The molecule has 7 heteroatoms. The van der Waals surface area contributed by atoms with Crippen LogP contribution in [0.3, 0.4) is 0 Å². The standard InChI is InChI=1S/C7H9NO4S2/c1-2-14(11,12)3-5-6(7(9)10)13-4-8-5/h4H,2-3H2,1H3,(H,9,10). The smallest absolute Gasteiger partial charge is 0.347 e. The molecule has 0 aliphatic heterocycles. The lowest BCUT2D eigenvalue weighted by Gasteiger charge is -1.98. The summed E-state index contributed by atoms with van der Waals surface area (Å²) in [6, 6.07) is 0. The number of sulfone groups is 1. The number of aromatic carboxylic acids is 1. The molecule has 0 fully saturated rings. The third kappa shape index (κ3) is 2.52. The molecule has 0 saturated carbocycles. The van der Waals surface area contributed by atoms with Gasteiger partial charge in [-0.3, -0.25) is 0 Å². The number of nitrogens with zero attached hydrogens (tertiary/aromatic N) is 1. The van der Waals surface area contributed by atoms with Crippen LogP contribution in [0.5, 0.6) is 0 Å². The van der Waals surface area contributed by atoms with E-state index in [9.17, 15) is 13.2 Å². The first kappa shape index (κ1) is 11.1. The molecule has 1 aromatic heterocycles. The van der Waals surface area contributed by atoms with Crippen molar-refractivity contribution in [1.82, 2.24) is 4.98 Å². The molecule has 0 aliphatic rings. The second-order valence-corrected chi connectivity index (χ2v) is 5.82. The Morgan fingerprint density at radius 2 is 2.29 bits per heavy atom. The highest BCUT2D eigenvalue weighted by Gasteiger charge is 2.18. The maximum atomic E-state index is 11.2. The zero-order valence-electron chi connectivity index (χ0n) is 7.43. The SMILES string of the molecule is CCS(=O)(=O)Cc1ncsc1C(=O)O. The third-order valence-electron chi connectivity index (χ3n) is 1.63. The van der Waals surface area contributed by atoms with Crippen molar-refractivity contribution in [3.05, 3.63) is 16.1 Å². The summed E-state index contributed by atoms with van der Waals surface area (Å²) < 4.78 is 22.4. The van der Waals surface area contributed by atoms with Crippen LogP contribution in [0.1, 0.15) is 22.3 Å². The van der Waals surface area contributed by atoms with Crippen LogP contribution in [0.4, 0.5) is 0 Å². The van der Waals surface area contributed by atoms with E-state index in [-0.39, 0.29) is 22.1 Å². The minimum absolute atomic E-state index is 0.00188. The Labute approximate surface area is 85.3 Å². The summed E-state index contributed by atoms with van der Waals surface area (Å²) >= 11 is 0.934. The molecule has 0 atom stereocenters. The van der Waals surface area contributed by atoms with Crippen molar-refractivity contribution in [3.63, 3.8) is 0 Å². The molecular weight excluding hydrogens is 226 g/mol. The number of carboxylic acid groups (broad SMARTS) is 1. The number of rotatable bonds is 4. The van der Waals surface area contributed by atoms with Crippen LogP contribution < -0.4 is 0 Å². The van der Waals surface area contributed by atoms with Gasteiger partial charge in [0.25, 0.3) is 0 Å². The molecule has 0 radical (unpaired) electrons. The summed E-state index contributed by atoms with van der Waals surface area (Å²) in [6.07, 6.45) is 0. The van der Waals surface area contributed by atoms with E-state index in [1.165, 1.54) is 12.4 Å². The Bertz CT molecular complexity index is 434. The van der Waals surface area contributed by atoms with Crippen molar-refractivity contribution < 1.29 is 18.3 Å². The van der Waals surface area contributed by atoms with Crippen LogP contribution in [0.2, 0.25) is 0 Å². The van der Waals surface area contributed by atoms with E-state index in [0.717, 1.165) is 11.3 Å². The van der Waals surface area contributed by atoms with Gasteiger partial charge in [0.15, 0.2) is 9.84 Å². The van der Waals surface area contributed by atoms with Crippen molar-refractivity contribution in [2.45, 2.75) is 12.7 Å². The van der Waals surface area contributed by atoms with Crippen molar-refractivity contribution in [2.24, 2.45) is 0 Å². The number of thiazole rings is 1. The predicted molar refractivity (Wildman–Crippen MR) is 52.2 cm³/mol. The lowest BCUT2D eigenvalue weighted by atomic mass is 10.4. The van der Waals surface area contributed by atoms with Crippen LogP contribution in [0.15, 0.2) is 5.51 Å². The van der Waals surface area contributed by atoms with E-state index < -0.39 is 15.8 Å². The van der Waals surface area contributed by atoms with Crippen molar-refractivity contribution in [3.8, 4) is 0 Å². The van der Waals surface area contributed by atoms with Crippen LogP contribution in [-0.2, 0) is 15.6 Å². The fraction of sp³-hybridized carbons (Fsp3) is 0.429. The molecule has 0 bridgehead atoms. The number of carbonyl (C=O) groups is 1. The summed E-state index contributed by atoms with van der Waals surface area (Å²) in [7, 11) is -3.22. The maximum absolute atomic E-state index is 11.2. The second-order valence-electron chi connectivity index (χ2n) is 2.61. The molecule has 0 aromatic carbocycles. The summed E-state index contributed by atoms with van der Waals surface area (Å²) in [4.78, 5) is 14.4. The normalized spacial score (nSPS) is 11.5. The van der Waals surface area contributed by atoms with Gasteiger partial charge in [-0.1, -0.05) is 6.92 Å². The Balaban J connectivity index is 2.98. The molecule has 0 aliphatic carbocycles. The Hall–Kier alpha value is -0.950. The van der Waals surface area contributed by atoms with Gasteiger partial charge >= 0.3 is 5.97 Å². The Morgan fingerprint density at radius 3 is 2.79 bits per heavy atom. The fourth-order valence-electron chi connectivity index (χ4n) is 0.856. The average Bonchev–Trinajstić information content (AvgIpc) is 2.51. The molecule has 0 saturated heterocycles. The van der Waals surface area contributed by atoms with Gasteiger partial charge < -0.3 is 5.11 Å². The van der Waals surface area contributed by atoms with Gasteiger partial charge in [-0.25, -0.2) is 18.2 Å². The molecule has 1 aromatic rings. The van der Waals surface area contributed by atoms with E-state index in [0.29, 0.717) is 0 Å². The van der Waals surface area contributed by atoms with E-state index in [2.05, 4.69) is 4.98 Å². The van der Waals surface area contributed by atoms with Gasteiger partial charge in [0.05, 0.1) is 17.0 Å². The summed E-state index contributed by atoms with van der Waals surface area (Å²) in [5.41, 5.74) is 1.47. The zero-order valence-corrected chi connectivity index (χ0v) is 9.06. The van der Waals surface area contributed by atoms with Crippen molar-refractivity contribution >= 4 is 27.1 Å². The van der Waals surface area contributed by atoms with Crippen LogP contribution >= 0.6 is 11.3 Å². The lowest BCUT2D eigenvalue weighted by Crippen LogP contribution is -2.09. The average molecular weight is 235 g/mol. The first-order chi connectivity index (χ1) is 6.46. The minimum Gasteiger partial charge on any atom is -0.477 e. The molecule has 1 rings (SSSR count). The molecule has 0 amide bonds. The van der Waals surface area contributed by atoms with Crippen molar-refractivity contribution in [2.75, 3.05) is 5.75 Å². The van der Waals surface area contributed by atoms with Gasteiger partial charge in [-0.05, 0) is 0 Å². The zero-order chi connectivity index (χ0) is 10.8. The highest BCUT2D eigenvalue weighted by atomic mass is 32.2. The molecule has 0 unspecified atom stereocenters. The lowest BCUT2D eigenvalue weighted by molar-refractivity contribution is 0.0701. The topological polar surface area (TPSA) is 84.3 Å². The molecule has 1 N–H and O–H groups in total. The Kier molecular flexibility index (Phi) is 3.22. The summed E-state index contributed by atoms with van der Waals surface area (Å²) in [5, 5.41) is 8.70. The van der Waals surface area contributed by atoms with Gasteiger partial charge in [0.1, 0.15) is 4.88 Å². The molecule has 5 nitrogen and oxygen atoms in total. The van der Waals surface area contributed by atoms with Gasteiger partial charge in [-0.15, -0.1) is 11.3 Å². The van der Waals surface area contributed by atoms with Crippen LogP contribution in [0.25, 0.3) is 0 Å². The quantitative estimate of drug-likeness (QED) is 0.833. The van der Waals surface area contributed by atoms with E-state index in [4.69, 9.17) is 5.11 Å². The summed E-state index contributed by atoms with van der Waals surface area (Å²) in [5.74, 6) is -1.44. The first-order valence-electron chi connectivity index (χ1n) is 3.82. The predicted octanol–water partition coefficient (Wildman–Crippen LogP) is 0.776. The van der Waals surface area contributed by atoms with E-state index in [1.807, 2.05) is 0 Å². The largest absolute Gasteiger partial charge is 0.477 e. The third-order valence-corrected chi connectivity index (χ3v) is 4.08. The molecule has 0 spiro atoms.